The summed E-state index contributed by atoms with van der Waals surface area (Å²) in [7, 11) is 0. The summed E-state index contributed by atoms with van der Waals surface area (Å²) in [5.41, 5.74) is 10.0. The van der Waals surface area contributed by atoms with Crippen LogP contribution < -0.4 is 15.9 Å². The van der Waals surface area contributed by atoms with Gasteiger partial charge in [0.1, 0.15) is 11.5 Å². The van der Waals surface area contributed by atoms with Gasteiger partial charge in [0.05, 0.1) is 31.8 Å². The number of ether oxygens (including phenoxy) is 1. The topological polar surface area (TPSA) is 134 Å². The quantitative estimate of drug-likeness (QED) is 0.215. The molecule has 0 aliphatic heterocycles. The second-order valence-electron chi connectivity index (χ2n) is 6.53. The first-order valence-corrected chi connectivity index (χ1v) is 10.7. The van der Waals surface area contributed by atoms with E-state index in [2.05, 4.69) is 10.5 Å². The van der Waals surface area contributed by atoms with E-state index in [0.29, 0.717) is 31.8 Å². The summed E-state index contributed by atoms with van der Waals surface area (Å²) in [5, 5.41) is 25.8. The summed E-state index contributed by atoms with van der Waals surface area (Å²) in [6.07, 6.45) is 0. The van der Waals surface area contributed by atoms with Crippen LogP contribution in [0.15, 0.2) is 46.9 Å². The highest BCUT2D eigenvalue weighted by Gasteiger charge is 2.16. The van der Waals surface area contributed by atoms with Crippen molar-refractivity contribution in [3.05, 3.63) is 63.0 Å². The van der Waals surface area contributed by atoms with Crippen molar-refractivity contribution in [3.63, 3.8) is 0 Å². The lowest BCUT2D eigenvalue weighted by Gasteiger charge is -2.08. The van der Waals surface area contributed by atoms with E-state index in [4.69, 9.17) is 38.8 Å². The number of nitrogens with two attached hydrogens (primary N) is 1. The number of nitrogens with one attached hydrogen (secondary N) is 1. The number of nitrogens with zero attached hydrogens (tertiary/aromatic N) is 1. The zero-order chi connectivity index (χ0) is 23.4. The number of carboxylic acids is 1. The van der Waals surface area contributed by atoms with Crippen LogP contribution in [0, 0.1) is 0 Å². The van der Waals surface area contributed by atoms with Crippen LogP contribution in [-0.2, 0) is 4.79 Å². The molecular weight excluding hydrogens is 477 g/mol. The molecule has 8 nitrogen and oxygen atoms in total. The second kappa shape index (κ2) is 9.90. The Kier molecular flexibility index (Phi) is 7.24. The number of aromatic hydroxyl groups is 1. The predicted octanol–water partition coefficient (Wildman–Crippen LogP) is 4.63. The minimum Gasteiger partial charge on any atom is -0.506 e. The molecule has 1 amide bonds. The fourth-order valence-corrected chi connectivity index (χ4v) is 3.99. The molecule has 3 aromatic rings. The van der Waals surface area contributed by atoms with E-state index in [9.17, 15) is 14.7 Å². The van der Waals surface area contributed by atoms with E-state index in [-0.39, 0.29) is 22.7 Å². The molecule has 0 atom stereocenters. The fourth-order valence-electron chi connectivity index (χ4n) is 2.69. The van der Waals surface area contributed by atoms with E-state index >= 15 is 0 Å². The van der Waals surface area contributed by atoms with Gasteiger partial charge in [-0.15, -0.1) is 11.3 Å². The van der Waals surface area contributed by atoms with E-state index < -0.39 is 18.5 Å². The summed E-state index contributed by atoms with van der Waals surface area (Å²) in [5.74, 6) is -1.48. The lowest BCUT2D eigenvalue weighted by molar-refractivity contribution is -0.139. The number of hydrazone groups is 1. The maximum absolute atomic E-state index is 12.4. The van der Waals surface area contributed by atoms with Crippen LogP contribution in [0.4, 0.5) is 5.69 Å². The Hall–Kier alpha value is -3.27. The maximum Gasteiger partial charge on any atom is 0.341 e. The Morgan fingerprint density at radius 3 is 2.56 bits per heavy atom. The molecule has 0 unspecified atom stereocenters. The third kappa shape index (κ3) is 5.31. The van der Waals surface area contributed by atoms with Gasteiger partial charge in [0, 0.05) is 17.1 Å². The largest absolute Gasteiger partial charge is 0.506 e. The second-order valence-corrected chi connectivity index (χ2v) is 8.22. The van der Waals surface area contributed by atoms with Gasteiger partial charge in [-0.1, -0.05) is 29.3 Å². The number of thiophene rings is 1. The van der Waals surface area contributed by atoms with Gasteiger partial charge >= 0.3 is 5.97 Å². The standard InChI is InChI=1S/C21H17Cl2N3O5S/c1-10(14-9-32-20(19(14)29)11-2-5-15(22)16(23)6-11)25-26-21(30)13-4-3-12(7-17(13)24)31-8-18(27)28/h2-7,9,29H,8,24H2,1H3,(H,26,30)(H,27,28). The number of hydrogen-bond donors (Lipinski definition) is 4. The molecule has 11 heteroatoms. The van der Waals surface area contributed by atoms with Crippen molar-refractivity contribution in [2.24, 2.45) is 5.10 Å². The van der Waals surface area contributed by atoms with Gasteiger partial charge in [0.15, 0.2) is 6.61 Å². The SMILES string of the molecule is CC(=NNC(=O)c1ccc(OCC(=O)O)cc1N)c1csc(-c2ccc(Cl)c(Cl)c2)c1O. The fraction of sp³-hybridized carbons (Fsp3) is 0.0952. The van der Waals surface area contributed by atoms with Gasteiger partial charge in [-0.3, -0.25) is 4.79 Å². The minimum absolute atomic E-state index is 0.00309. The molecule has 166 valence electrons. The minimum atomic E-state index is -1.13. The highest BCUT2D eigenvalue weighted by atomic mass is 35.5. The molecule has 0 radical (unpaired) electrons. The van der Waals surface area contributed by atoms with Crippen molar-refractivity contribution < 1.29 is 24.5 Å². The third-order valence-electron chi connectivity index (χ3n) is 4.29. The first-order chi connectivity index (χ1) is 15.2. The van der Waals surface area contributed by atoms with Crippen molar-refractivity contribution in [2.75, 3.05) is 12.3 Å². The predicted molar refractivity (Wildman–Crippen MR) is 125 cm³/mol. The molecule has 0 saturated carbocycles. The number of carboxylic acid groups (broad SMARTS) is 1. The van der Waals surface area contributed by atoms with Crippen LogP contribution in [0.3, 0.4) is 0 Å². The van der Waals surface area contributed by atoms with E-state index in [1.807, 2.05) is 0 Å². The van der Waals surface area contributed by atoms with E-state index in [0.717, 1.165) is 0 Å². The Morgan fingerprint density at radius 2 is 1.91 bits per heavy atom. The monoisotopic (exact) mass is 493 g/mol. The summed E-state index contributed by atoms with van der Waals surface area (Å²) in [4.78, 5) is 23.6. The molecule has 2 aromatic carbocycles. The molecule has 0 aliphatic rings. The van der Waals surface area contributed by atoms with Crippen LogP contribution in [0.2, 0.25) is 10.0 Å². The van der Waals surface area contributed by atoms with Gasteiger partial charge in [-0.2, -0.15) is 5.10 Å². The van der Waals surface area contributed by atoms with Crippen LogP contribution in [0.1, 0.15) is 22.8 Å². The van der Waals surface area contributed by atoms with E-state index in [1.54, 1.807) is 30.5 Å². The molecule has 0 fully saturated rings. The van der Waals surface area contributed by atoms with E-state index in [1.165, 1.54) is 29.5 Å². The van der Waals surface area contributed by atoms with Crippen LogP contribution in [0.25, 0.3) is 10.4 Å². The molecular formula is C21H17Cl2N3O5S. The summed E-state index contributed by atoms with van der Waals surface area (Å²) < 4.78 is 5.02. The lowest BCUT2D eigenvalue weighted by Crippen LogP contribution is -2.20. The lowest BCUT2D eigenvalue weighted by atomic mass is 10.1. The molecule has 1 aromatic heterocycles. The third-order valence-corrected chi connectivity index (χ3v) is 6.05. The van der Waals surface area contributed by atoms with Crippen molar-refractivity contribution in [3.8, 4) is 21.9 Å². The molecule has 0 spiro atoms. The Bertz CT molecular complexity index is 1230. The van der Waals surface area contributed by atoms with Crippen LogP contribution >= 0.6 is 34.5 Å². The number of halogens is 2. The first kappa shape index (κ1) is 23.4. The van der Waals surface area contributed by atoms with Crippen molar-refractivity contribution in [1.82, 2.24) is 5.43 Å². The highest BCUT2D eigenvalue weighted by molar-refractivity contribution is 7.14. The molecule has 0 saturated heterocycles. The van der Waals surface area contributed by atoms with Gasteiger partial charge in [-0.25, -0.2) is 10.2 Å². The Balaban J connectivity index is 1.74. The average molecular weight is 494 g/mol. The zero-order valence-corrected chi connectivity index (χ0v) is 18.9. The summed E-state index contributed by atoms with van der Waals surface area (Å²) in [6.45, 7) is 1.11. The van der Waals surface area contributed by atoms with Crippen LogP contribution in [-0.4, -0.2) is 34.4 Å². The summed E-state index contributed by atoms with van der Waals surface area (Å²) >= 11 is 13.3. The molecule has 0 bridgehead atoms. The zero-order valence-electron chi connectivity index (χ0n) is 16.6. The van der Waals surface area contributed by atoms with Gasteiger partial charge < -0.3 is 20.7 Å². The molecule has 3 rings (SSSR count). The number of benzene rings is 2. The maximum atomic E-state index is 12.4. The molecule has 1 heterocycles. The number of carbonyl (C=O) groups excluding carboxylic acids is 1. The van der Waals surface area contributed by atoms with Crippen molar-refractivity contribution in [1.29, 1.82) is 0 Å². The van der Waals surface area contributed by atoms with Crippen LogP contribution in [0.5, 0.6) is 11.5 Å². The molecule has 0 aliphatic carbocycles. The number of carbonyl (C=O) groups is 2. The van der Waals surface area contributed by atoms with Crippen molar-refractivity contribution >= 4 is 57.8 Å². The number of rotatable bonds is 7. The number of hydrogen-bond acceptors (Lipinski definition) is 7. The number of aliphatic carboxylic acids is 1. The van der Waals surface area contributed by atoms with Gasteiger partial charge in [-0.05, 0) is 36.8 Å². The molecule has 32 heavy (non-hydrogen) atoms. The Morgan fingerprint density at radius 1 is 1.16 bits per heavy atom. The average Bonchev–Trinajstić information content (AvgIpc) is 3.13. The highest BCUT2D eigenvalue weighted by Crippen LogP contribution is 2.40. The first-order valence-electron chi connectivity index (χ1n) is 9.02. The summed E-state index contributed by atoms with van der Waals surface area (Å²) in [6, 6.07) is 9.21. The number of nitrogen functional groups attached to an aromatic ring is 1. The van der Waals surface area contributed by atoms with Gasteiger partial charge in [0.2, 0.25) is 0 Å². The number of anilines is 1. The van der Waals surface area contributed by atoms with Crippen molar-refractivity contribution in [2.45, 2.75) is 6.92 Å². The normalized spacial score (nSPS) is 11.3. The molecule has 5 N–H and O–H groups in total. The Labute approximate surface area is 196 Å². The number of amides is 1. The smallest absolute Gasteiger partial charge is 0.341 e. The van der Waals surface area contributed by atoms with Gasteiger partial charge in [0.25, 0.3) is 5.91 Å².